The molecule has 4 nitrogen and oxygen atoms in total. The summed E-state index contributed by atoms with van der Waals surface area (Å²) in [6.45, 7) is 4.92. The zero-order valence-corrected chi connectivity index (χ0v) is 13.9. The van der Waals surface area contributed by atoms with E-state index in [0.717, 1.165) is 12.0 Å². The summed E-state index contributed by atoms with van der Waals surface area (Å²) in [5.41, 5.74) is 5.97. The number of nitrogens with two attached hydrogens (primary N) is 1. The maximum absolute atomic E-state index is 11.9. The lowest BCUT2D eigenvalue weighted by Crippen LogP contribution is -2.52. The molecule has 1 unspecified atom stereocenters. The van der Waals surface area contributed by atoms with Gasteiger partial charge in [0.05, 0.1) is 18.8 Å². The monoisotopic (exact) mass is 332 g/mol. The molecular weight excluding hydrogens is 311 g/mol. The fourth-order valence-corrected chi connectivity index (χ4v) is 2.36. The Morgan fingerprint density at radius 2 is 2.14 bits per heavy atom. The van der Waals surface area contributed by atoms with Gasteiger partial charge in [-0.2, -0.15) is 0 Å². The van der Waals surface area contributed by atoms with E-state index < -0.39 is 5.54 Å². The number of hydrogen-bond acceptors (Lipinski definition) is 3. The van der Waals surface area contributed by atoms with E-state index in [0.29, 0.717) is 36.2 Å². The summed E-state index contributed by atoms with van der Waals surface area (Å²) in [6.07, 6.45) is 1.52. The third-order valence-electron chi connectivity index (χ3n) is 3.09. The molecule has 0 saturated carbocycles. The van der Waals surface area contributed by atoms with E-state index in [1.54, 1.807) is 19.1 Å². The molecule has 1 aromatic carbocycles. The number of amides is 1. The quantitative estimate of drug-likeness (QED) is 0.719. The molecule has 0 fully saturated rings. The first-order valence-electron chi connectivity index (χ1n) is 6.95. The van der Waals surface area contributed by atoms with Crippen LogP contribution in [-0.4, -0.2) is 24.6 Å². The predicted molar refractivity (Wildman–Crippen MR) is 86.6 cm³/mol. The summed E-state index contributed by atoms with van der Waals surface area (Å²) in [6, 6.07) is 5.26. The molecule has 0 spiro atoms. The normalized spacial score (nSPS) is 13.8. The Hall–Kier alpha value is -0.810. The number of halogens is 2. The first-order chi connectivity index (χ1) is 9.86. The lowest BCUT2D eigenvalue weighted by molar-refractivity contribution is -0.126. The highest BCUT2D eigenvalue weighted by atomic mass is 35.5. The zero-order chi connectivity index (χ0) is 15.9. The summed E-state index contributed by atoms with van der Waals surface area (Å²) in [5.74, 6) is -0.155. The van der Waals surface area contributed by atoms with Gasteiger partial charge < -0.3 is 15.8 Å². The Kier molecular flexibility index (Phi) is 7.46. The number of ether oxygens (including phenoxy) is 1. The fraction of sp³-hybridized carbons (Fsp3) is 0.533. The maximum Gasteiger partial charge on any atom is 0.239 e. The van der Waals surface area contributed by atoms with E-state index in [1.807, 2.05) is 13.0 Å². The van der Waals surface area contributed by atoms with Crippen LogP contribution in [0.2, 0.25) is 10.0 Å². The fourth-order valence-electron chi connectivity index (χ4n) is 1.89. The second-order valence-electron chi connectivity index (χ2n) is 5.21. The van der Waals surface area contributed by atoms with Crippen LogP contribution < -0.4 is 11.1 Å². The third-order valence-corrected chi connectivity index (χ3v) is 3.68. The van der Waals surface area contributed by atoms with Gasteiger partial charge in [-0.1, -0.05) is 42.6 Å². The molecule has 0 aliphatic heterocycles. The lowest BCUT2D eigenvalue weighted by atomic mass is 9.97. The molecule has 0 aliphatic rings. The minimum absolute atomic E-state index is 0.155. The number of benzene rings is 1. The van der Waals surface area contributed by atoms with Crippen molar-refractivity contribution >= 4 is 29.1 Å². The smallest absolute Gasteiger partial charge is 0.239 e. The van der Waals surface area contributed by atoms with E-state index in [2.05, 4.69) is 5.32 Å². The molecule has 3 N–H and O–H groups in total. The molecule has 21 heavy (non-hydrogen) atoms. The molecular formula is C15H22Cl2N2O2. The standard InChI is InChI=1S/C15H22Cl2N2O2/c1-3-6-15(2,18)14(20)19-7-8-21-10-11-4-5-12(16)9-13(11)17/h4-5,9H,3,6-8,10,18H2,1-2H3,(H,19,20). The molecule has 0 radical (unpaired) electrons. The summed E-state index contributed by atoms with van der Waals surface area (Å²) in [4.78, 5) is 11.9. The Labute approximate surface area is 135 Å². The Balaban J connectivity index is 2.27. The maximum atomic E-state index is 11.9. The highest BCUT2D eigenvalue weighted by Gasteiger charge is 2.26. The zero-order valence-electron chi connectivity index (χ0n) is 12.4. The van der Waals surface area contributed by atoms with E-state index in [-0.39, 0.29) is 5.91 Å². The van der Waals surface area contributed by atoms with Crippen molar-refractivity contribution in [3.63, 3.8) is 0 Å². The lowest BCUT2D eigenvalue weighted by Gasteiger charge is -2.22. The molecule has 0 saturated heterocycles. The molecule has 1 amide bonds. The molecule has 0 bridgehead atoms. The molecule has 1 rings (SSSR count). The Bertz CT molecular complexity index is 479. The topological polar surface area (TPSA) is 64.4 Å². The number of hydrogen-bond donors (Lipinski definition) is 2. The van der Waals surface area contributed by atoms with Gasteiger partial charge in [0.25, 0.3) is 0 Å². The van der Waals surface area contributed by atoms with Crippen molar-refractivity contribution in [2.75, 3.05) is 13.2 Å². The number of nitrogens with one attached hydrogen (secondary N) is 1. The summed E-state index contributed by atoms with van der Waals surface area (Å²) in [7, 11) is 0. The molecule has 1 aromatic rings. The Morgan fingerprint density at radius 3 is 2.76 bits per heavy atom. The van der Waals surface area contributed by atoms with Gasteiger partial charge >= 0.3 is 0 Å². The van der Waals surface area contributed by atoms with Crippen molar-refractivity contribution in [3.05, 3.63) is 33.8 Å². The van der Waals surface area contributed by atoms with Crippen LogP contribution in [0.15, 0.2) is 18.2 Å². The largest absolute Gasteiger partial charge is 0.375 e. The minimum atomic E-state index is -0.825. The van der Waals surface area contributed by atoms with Crippen molar-refractivity contribution in [2.24, 2.45) is 5.73 Å². The summed E-state index contributed by atoms with van der Waals surface area (Å²) < 4.78 is 5.48. The number of carbonyl (C=O) groups excluding carboxylic acids is 1. The van der Waals surface area contributed by atoms with Gasteiger partial charge in [-0.25, -0.2) is 0 Å². The van der Waals surface area contributed by atoms with Gasteiger partial charge in [0.15, 0.2) is 0 Å². The number of carbonyl (C=O) groups is 1. The third kappa shape index (κ3) is 6.22. The van der Waals surface area contributed by atoms with Crippen LogP contribution in [0.4, 0.5) is 0 Å². The van der Waals surface area contributed by atoms with Crippen LogP contribution in [0.3, 0.4) is 0 Å². The van der Waals surface area contributed by atoms with Crippen molar-refractivity contribution in [2.45, 2.75) is 38.8 Å². The van der Waals surface area contributed by atoms with Gasteiger partial charge in [0.2, 0.25) is 5.91 Å². The van der Waals surface area contributed by atoms with Gasteiger partial charge in [-0.15, -0.1) is 0 Å². The molecule has 0 aliphatic carbocycles. The molecule has 0 aromatic heterocycles. The van der Waals surface area contributed by atoms with Gasteiger partial charge in [-0.05, 0) is 31.0 Å². The molecule has 118 valence electrons. The molecule has 6 heteroatoms. The second kappa shape index (κ2) is 8.59. The second-order valence-corrected chi connectivity index (χ2v) is 6.06. The Morgan fingerprint density at radius 1 is 1.43 bits per heavy atom. The van der Waals surface area contributed by atoms with Crippen molar-refractivity contribution in [1.29, 1.82) is 0 Å². The van der Waals surface area contributed by atoms with Crippen molar-refractivity contribution < 1.29 is 9.53 Å². The first-order valence-corrected chi connectivity index (χ1v) is 7.71. The van der Waals surface area contributed by atoms with Gasteiger partial charge in [-0.3, -0.25) is 4.79 Å². The van der Waals surface area contributed by atoms with E-state index >= 15 is 0 Å². The average molecular weight is 333 g/mol. The van der Waals surface area contributed by atoms with Crippen molar-refractivity contribution in [1.82, 2.24) is 5.32 Å². The van der Waals surface area contributed by atoms with Crippen LogP contribution in [0.1, 0.15) is 32.3 Å². The van der Waals surface area contributed by atoms with Gasteiger partial charge in [0.1, 0.15) is 0 Å². The van der Waals surface area contributed by atoms with Crippen LogP contribution in [-0.2, 0) is 16.1 Å². The van der Waals surface area contributed by atoms with Crippen LogP contribution >= 0.6 is 23.2 Å². The first kappa shape index (κ1) is 18.2. The summed E-state index contributed by atoms with van der Waals surface area (Å²) >= 11 is 11.9. The molecule has 1 atom stereocenters. The highest BCUT2D eigenvalue weighted by Crippen LogP contribution is 2.21. The van der Waals surface area contributed by atoms with Crippen LogP contribution in [0.5, 0.6) is 0 Å². The average Bonchev–Trinajstić information content (AvgIpc) is 2.40. The van der Waals surface area contributed by atoms with E-state index in [1.165, 1.54) is 0 Å². The van der Waals surface area contributed by atoms with Crippen LogP contribution in [0.25, 0.3) is 0 Å². The SMILES string of the molecule is CCCC(C)(N)C(=O)NCCOCc1ccc(Cl)cc1Cl. The molecule has 0 heterocycles. The minimum Gasteiger partial charge on any atom is -0.375 e. The number of rotatable bonds is 8. The predicted octanol–water partition coefficient (Wildman–Crippen LogP) is 3.14. The van der Waals surface area contributed by atoms with Gasteiger partial charge in [0, 0.05) is 16.6 Å². The van der Waals surface area contributed by atoms with E-state index in [9.17, 15) is 4.79 Å². The summed E-state index contributed by atoms with van der Waals surface area (Å²) in [5, 5.41) is 3.94. The van der Waals surface area contributed by atoms with Crippen LogP contribution in [0, 0.1) is 0 Å². The van der Waals surface area contributed by atoms with Crippen molar-refractivity contribution in [3.8, 4) is 0 Å². The highest BCUT2D eigenvalue weighted by molar-refractivity contribution is 6.35. The van der Waals surface area contributed by atoms with E-state index in [4.69, 9.17) is 33.7 Å².